The Balaban J connectivity index is 1.47. The zero-order valence-electron chi connectivity index (χ0n) is 11.0. The van der Waals surface area contributed by atoms with Crippen molar-refractivity contribution in [2.45, 2.75) is 0 Å². The topological polar surface area (TPSA) is 85.1 Å². The second kappa shape index (κ2) is 6.00. The smallest absolute Gasteiger partial charge is 0.259 e. The zero-order chi connectivity index (χ0) is 14.5. The standard InChI is InChI=1S/C14H13N3O4/c18-14(17-16-7-11-2-1-5-19-11)8-15-10-3-4-12-13(6-10)21-9-20-12/h1-7,15H,8-9H2,(H,17,18)/b16-7-. The highest BCUT2D eigenvalue weighted by Gasteiger charge is 2.13. The molecule has 108 valence electrons. The first-order valence-electron chi connectivity index (χ1n) is 6.30. The highest BCUT2D eigenvalue weighted by atomic mass is 16.7. The van der Waals surface area contributed by atoms with Crippen LogP contribution in [0.5, 0.6) is 11.5 Å². The molecule has 0 bridgehead atoms. The molecule has 7 nitrogen and oxygen atoms in total. The number of nitrogens with one attached hydrogen (secondary N) is 2. The molecule has 2 N–H and O–H groups in total. The largest absolute Gasteiger partial charge is 0.463 e. The van der Waals surface area contributed by atoms with Crippen LogP contribution in [0.1, 0.15) is 5.76 Å². The van der Waals surface area contributed by atoms with Crippen molar-refractivity contribution in [3.8, 4) is 11.5 Å². The number of amides is 1. The average molecular weight is 287 g/mol. The molecule has 21 heavy (non-hydrogen) atoms. The van der Waals surface area contributed by atoms with Gasteiger partial charge in [-0.05, 0) is 24.3 Å². The van der Waals surface area contributed by atoms with Crippen molar-refractivity contribution < 1.29 is 18.7 Å². The van der Waals surface area contributed by atoms with E-state index in [4.69, 9.17) is 13.9 Å². The lowest BCUT2D eigenvalue weighted by atomic mass is 10.3. The Morgan fingerprint density at radius 3 is 3.05 bits per heavy atom. The zero-order valence-corrected chi connectivity index (χ0v) is 11.0. The number of nitrogens with zero attached hydrogens (tertiary/aromatic N) is 1. The first kappa shape index (κ1) is 13.0. The number of carbonyl (C=O) groups is 1. The van der Waals surface area contributed by atoms with Crippen LogP contribution in [0.4, 0.5) is 5.69 Å². The molecule has 0 saturated carbocycles. The number of ether oxygens (including phenoxy) is 2. The summed E-state index contributed by atoms with van der Waals surface area (Å²) in [5.74, 6) is 1.67. The van der Waals surface area contributed by atoms with Gasteiger partial charge in [0.15, 0.2) is 11.5 Å². The molecule has 1 aromatic carbocycles. The molecule has 3 rings (SSSR count). The Labute approximate surface area is 120 Å². The van der Waals surface area contributed by atoms with Gasteiger partial charge in [-0.3, -0.25) is 4.79 Å². The number of hydrogen-bond acceptors (Lipinski definition) is 6. The van der Waals surface area contributed by atoms with E-state index in [1.807, 2.05) is 6.07 Å². The summed E-state index contributed by atoms with van der Waals surface area (Å²) in [5, 5.41) is 6.75. The molecule has 0 saturated heterocycles. The summed E-state index contributed by atoms with van der Waals surface area (Å²) in [5.41, 5.74) is 3.16. The predicted octanol–water partition coefficient (Wildman–Crippen LogP) is 1.57. The minimum Gasteiger partial charge on any atom is -0.463 e. The molecule has 0 spiro atoms. The van der Waals surface area contributed by atoms with Crippen molar-refractivity contribution in [2.75, 3.05) is 18.7 Å². The summed E-state index contributed by atoms with van der Waals surface area (Å²) in [4.78, 5) is 11.6. The molecule has 0 radical (unpaired) electrons. The number of furan rings is 1. The number of hydrogen-bond donors (Lipinski definition) is 2. The van der Waals surface area contributed by atoms with Crippen LogP contribution in [-0.4, -0.2) is 25.5 Å². The Kier molecular flexibility index (Phi) is 3.72. The molecule has 1 amide bonds. The van der Waals surface area contributed by atoms with Crippen LogP contribution >= 0.6 is 0 Å². The van der Waals surface area contributed by atoms with Gasteiger partial charge in [-0.25, -0.2) is 5.43 Å². The highest BCUT2D eigenvalue weighted by Crippen LogP contribution is 2.34. The molecule has 7 heteroatoms. The van der Waals surface area contributed by atoms with Crippen molar-refractivity contribution in [1.29, 1.82) is 0 Å². The molecule has 0 atom stereocenters. The molecule has 0 unspecified atom stereocenters. The van der Waals surface area contributed by atoms with Crippen LogP contribution in [0, 0.1) is 0 Å². The van der Waals surface area contributed by atoms with Gasteiger partial charge in [0.2, 0.25) is 6.79 Å². The first-order chi connectivity index (χ1) is 10.3. The number of benzene rings is 1. The van der Waals surface area contributed by atoms with E-state index in [2.05, 4.69) is 15.8 Å². The van der Waals surface area contributed by atoms with Crippen LogP contribution in [-0.2, 0) is 4.79 Å². The summed E-state index contributed by atoms with van der Waals surface area (Å²) in [6, 6.07) is 8.86. The number of fused-ring (bicyclic) bond motifs is 1. The molecule has 2 heterocycles. The maximum absolute atomic E-state index is 11.6. The fraction of sp³-hybridized carbons (Fsp3) is 0.143. The number of carbonyl (C=O) groups excluding carboxylic acids is 1. The summed E-state index contributed by atoms with van der Waals surface area (Å²) in [7, 11) is 0. The van der Waals surface area contributed by atoms with E-state index in [-0.39, 0.29) is 19.2 Å². The van der Waals surface area contributed by atoms with E-state index in [0.717, 1.165) is 5.69 Å². The van der Waals surface area contributed by atoms with Crippen LogP contribution in [0.3, 0.4) is 0 Å². The third kappa shape index (κ3) is 3.33. The summed E-state index contributed by atoms with van der Waals surface area (Å²) in [6.07, 6.45) is 2.96. The Hall–Kier alpha value is -2.96. The second-order valence-electron chi connectivity index (χ2n) is 4.23. The van der Waals surface area contributed by atoms with Crippen LogP contribution in [0.15, 0.2) is 46.1 Å². The Morgan fingerprint density at radius 1 is 1.29 bits per heavy atom. The number of hydrazone groups is 1. The van der Waals surface area contributed by atoms with Gasteiger partial charge in [0.05, 0.1) is 19.0 Å². The van der Waals surface area contributed by atoms with Gasteiger partial charge in [-0.1, -0.05) is 0 Å². The first-order valence-corrected chi connectivity index (χ1v) is 6.30. The van der Waals surface area contributed by atoms with Crippen molar-refractivity contribution in [3.63, 3.8) is 0 Å². The SMILES string of the molecule is O=C(CNc1ccc2c(c1)OCO2)N/N=C\c1ccco1. The van der Waals surface area contributed by atoms with Crippen molar-refractivity contribution >= 4 is 17.8 Å². The molecule has 1 aliphatic heterocycles. The van der Waals surface area contributed by atoms with Gasteiger partial charge < -0.3 is 19.2 Å². The number of rotatable bonds is 5. The molecular weight excluding hydrogens is 274 g/mol. The summed E-state index contributed by atoms with van der Waals surface area (Å²) >= 11 is 0. The van der Waals surface area contributed by atoms with E-state index < -0.39 is 0 Å². The minimum atomic E-state index is -0.268. The Bertz CT molecular complexity index is 652. The van der Waals surface area contributed by atoms with E-state index in [1.54, 1.807) is 24.3 Å². The fourth-order valence-corrected chi connectivity index (χ4v) is 1.76. The fourth-order valence-electron chi connectivity index (χ4n) is 1.76. The third-order valence-corrected chi connectivity index (χ3v) is 2.75. The van der Waals surface area contributed by atoms with E-state index in [1.165, 1.54) is 12.5 Å². The van der Waals surface area contributed by atoms with Crippen molar-refractivity contribution in [3.05, 3.63) is 42.4 Å². The van der Waals surface area contributed by atoms with Gasteiger partial charge in [-0.2, -0.15) is 5.10 Å². The Morgan fingerprint density at radius 2 is 2.19 bits per heavy atom. The van der Waals surface area contributed by atoms with E-state index in [0.29, 0.717) is 17.3 Å². The van der Waals surface area contributed by atoms with Crippen LogP contribution in [0.2, 0.25) is 0 Å². The molecule has 2 aromatic rings. The third-order valence-electron chi connectivity index (χ3n) is 2.75. The van der Waals surface area contributed by atoms with E-state index in [9.17, 15) is 4.79 Å². The summed E-state index contributed by atoms with van der Waals surface area (Å²) in [6.45, 7) is 0.315. The molecule has 1 aromatic heterocycles. The van der Waals surface area contributed by atoms with Crippen molar-refractivity contribution in [1.82, 2.24) is 5.43 Å². The van der Waals surface area contributed by atoms with Gasteiger partial charge >= 0.3 is 0 Å². The molecular formula is C14H13N3O4. The normalized spacial score (nSPS) is 12.6. The van der Waals surface area contributed by atoms with Crippen LogP contribution in [0.25, 0.3) is 0 Å². The van der Waals surface area contributed by atoms with Gasteiger partial charge in [0, 0.05) is 11.8 Å². The molecule has 1 aliphatic rings. The van der Waals surface area contributed by atoms with Gasteiger partial charge in [0.1, 0.15) is 5.76 Å². The summed E-state index contributed by atoms with van der Waals surface area (Å²) < 4.78 is 15.5. The average Bonchev–Trinajstić information content (AvgIpc) is 3.15. The van der Waals surface area contributed by atoms with Gasteiger partial charge in [-0.15, -0.1) is 0 Å². The monoisotopic (exact) mass is 287 g/mol. The lowest BCUT2D eigenvalue weighted by Gasteiger charge is -2.05. The maximum atomic E-state index is 11.6. The minimum absolute atomic E-state index is 0.0924. The number of anilines is 1. The van der Waals surface area contributed by atoms with Gasteiger partial charge in [0.25, 0.3) is 5.91 Å². The predicted molar refractivity (Wildman–Crippen MR) is 75.5 cm³/mol. The van der Waals surface area contributed by atoms with Crippen LogP contribution < -0.4 is 20.2 Å². The maximum Gasteiger partial charge on any atom is 0.259 e. The highest BCUT2D eigenvalue weighted by molar-refractivity contribution is 5.83. The van der Waals surface area contributed by atoms with Crippen molar-refractivity contribution in [2.24, 2.45) is 5.10 Å². The molecule has 0 aliphatic carbocycles. The molecule has 0 fully saturated rings. The second-order valence-corrected chi connectivity index (χ2v) is 4.23. The lowest BCUT2D eigenvalue weighted by Crippen LogP contribution is -2.25. The lowest BCUT2D eigenvalue weighted by molar-refractivity contribution is -0.119. The van der Waals surface area contributed by atoms with E-state index >= 15 is 0 Å². The quantitative estimate of drug-likeness (QED) is 0.644.